The Bertz CT molecular complexity index is 774. The van der Waals surface area contributed by atoms with Crippen LogP contribution in [0.15, 0.2) is 33.7 Å². The van der Waals surface area contributed by atoms with Crippen LogP contribution in [0.5, 0.6) is 0 Å². The van der Waals surface area contributed by atoms with Gasteiger partial charge in [0.2, 0.25) is 10.0 Å². The number of nitrogens with zero attached hydrogens (tertiary/aromatic N) is 3. The van der Waals surface area contributed by atoms with Gasteiger partial charge in [0.05, 0.1) is 0 Å². The summed E-state index contributed by atoms with van der Waals surface area (Å²) in [4.78, 5) is 2.34. The van der Waals surface area contributed by atoms with Crippen LogP contribution < -0.4 is 4.90 Å². The third-order valence-corrected chi connectivity index (χ3v) is 6.39. The molecule has 2 heterocycles. The maximum absolute atomic E-state index is 12.8. The van der Waals surface area contributed by atoms with Crippen molar-refractivity contribution in [2.45, 2.75) is 18.7 Å². The molecule has 2 aromatic rings. The molecule has 0 aliphatic carbocycles. The van der Waals surface area contributed by atoms with Crippen molar-refractivity contribution in [2.75, 3.05) is 31.1 Å². The van der Waals surface area contributed by atoms with E-state index in [0.717, 1.165) is 5.69 Å². The zero-order chi connectivity index (χ0) is 16.6. The highest BCUT2D eigenvalue weighted by atomic mass is 35.5. The lowest BCUT2D eigenvalue weighted by atomic mass is 10.2. The molecule has 0 unspecified atom stereocenters. The van der Waals surface area contributed by atoms with Crippen LogP contribution in [0.3, 0.4) is 0 Å². The lowest BCUT2D eigenvalue weighted by molar-refractivity contribution is 0.378. The molecule has 23 heavy (non-hydrogen) atoms. The summed E-state index contributed by atoms with van der Waals surface area (Å²) in [5.41, 5.74) is 1.45. The third kappa shape index (κ3) is 3.08. The Labute approximate surface area is 140 Å². The Morgan fingerprint density at radius 2 is 1.70 bits per heavy atom. The molecule has 0 radical (unpaired) electrons. The van der Waals surface area contributed by atoms with Crippen LogP contribution in [0.1, 0.15) is 11.5 Å². The van der Waals surface area contributed by atoms with Crippen LogP contribution in [0.25, 0.3) is 0 Å². The van der Waals surface area contributed by atoms with Gasteiger partial charge >= 0.3 is 0 Å². The van der Waals surface area contributed by atoms with E-state index in [2.05, 4.69) is 10.1 Å². The normalized spacial score (nSPS) is 16.7. The topological polar surface area (TPSA) is 66.7 Å². The first-order valence-corrected chi connectivity index (χ1v) is 9.15. The summed E-state index contributed by atoms with van der Waals surface area (Å²) in [6, 6.07) is 7.56. The fourth-order valence-electron chi connectivity index (χ4n) is 2.81. The Kier molecular flexibility index (Phi) is 4.35. The Morgan fingerprint density at radius 3 is 2.22 bits per heavy atom. The molecule has 8 heteroatoms. The third-order valence-electron chi connectivity index (χ3n) is 4.00. The molecule has 0 amide bonds. The lowest BCUT2D eigenvalue weighted by Gasteiger charge is -2.35. The highest BCUT2D eigenvalue weighted by Crippen LogP contribution is 2.26. The van der Waals surface area contributed by atoms with Gasteiger partial charge in [-0.2, -0.15) is 4.31 Å². The summed E-state index contributed by atoms with van der Waals surface area (Å²) in [5, 5.41) is 4.43. The smallest absolute Gasteiger partial charge is 0.248 e. The molecule has 0 spiro atoms. The number of anilines is 1. The molecule has 3 rings (SSSR count). The van der Waals surface area contributed by atoms with Crippen molar-refractivity contribution in [1.82, 2.24) is 9.46 Å². The molecule has 0 saturated carbocycles. The number of benzene rings is 1. The van der Waals surface area contributed by atoms with E-state index in [0.29, 0.717) is 42.7 Å². The Morgan fingerprint density at radius 1 is 1.09 bits per heavy atom. The SMILES string of the molecule is Cc1noc(C)c1S(=O)(=O)N1CCN(c2ccc(Cl)cc2)CC1. The van der Waals surface area contributed by atoms with Gasteiger partial charge < -0.3 is 9.42 Å². The first-order chi connectivity index (χ1) is 10.9. The maximum Gasteiger partial charge on any atom is 0.248 e. The second-order valence-electron chi connectivity index (χ2n) is 5.52. The van der Waals surface area contributed by atoms with Gasteiger partial charge in [0.25, 0.3) is 0 Å². The van der Waals surface area contributed by atoms with Crippen LogP contribution in [0, 0.1) is 13.8 Å². The summed E-state index contributed by atoms with van der Waals surface area (Å²) < 4.78 is 32.0. The molecule has 1 aliphatic rings. The molecule has 0 atom stereocenters. The second kappa shape index (κ2) is 6.14. The van der Waals surface area contributed by atoms with Crippen molar-refractivity contribution >= 4 is 27.3 Å². The summed E-state index contributed by atoms with van der Waals surface area (Å²) in [6.45, 7) is 5.38. The number of aryl methyl sites for hydroxylation is 2. The fourth-order valence-corrected chi connectivity index (χ4v) is 4.65. The lowest BCUT2D eigenvalue weighted by Crippen LogP contribution is -2.48. The van der Waals surface area contributed by atoms with E-state index in [1.165, 1.54) is 4.31 Å². The Balaban J connectivity index is 1.75. The minimum Gasteiger partial charge on any atom is -0.369 e. The monoisotopic (exact) mass is 355 g/mol. The molecule has 1 aromatic carbocycles. The number of sulfonamides is 1. The fraction of sp³-hybridized carbons (Fsp3) is 0.400. The predicted molar refractivity (Wildman–Crippen MR) is 88.4 cm³/mol. The predicted octanol–water partition coefficient (Wildman–Crippen LogP) is 2.46. The van der Waals surface area contributed by atoms with Crippen molar-refractivity contribution in [3.63, 3.8) is 0 Å². The number of aromatic nitrogens is 1. The largest absolute Gasteiger partial charge is 0.369 e. The number of hydrogen-bond acceptors (Lipinski definition) is 5. The van der Waals surface area contributed by atoms with Crippen molar-refractivity contribution in [1.29, 1.82) is 0 Å². The van der Waals surface area contributed by atoms with Crippen LogP contribution in [-0.4, -0.2) is 44.1 Å². The van der Waals surface area contributed by atoms with Crippen LogP contribution in [-0.2, 0) is 10.0 Å². The molecular formula is C15H18ClN3O3S. The quantitative estimate of drug-likeness (QED) is 0.846. The van der Waals surface area contributed by atoms with Gasteiger partial charge in [-0.15, -0.1) is 0 Å². The molecular weight excluding hydrogens is 338 g/mol. The molecule has 1 aliphatic heterocycles. The highest BCUT2D eigenvalue weighted by Gasteiger charge is 2.33. The van der Waals surface area contributed by atoms with Crippen LogP contribution in [0.2, 0.25) is 5.02 Å². The van der Waals surface area contributed by atoms with Crippen molar-refractivity contribution in [2.24, 2.45) is 0 Å². The minimum absolute atomic E-state index is 0.192. The molecule has 1 aromatic heterocycles. The molecule has 1 saturated heterocycles. The number of rotatable bonds is 3. The first-order valence-electron chi connectivity index (χ1n) is 7.33. The second-order valence-corrected chi connectivity index (χ2v) is 7.83. The number of hydrogen-bond donors (Lipinski definition) is 0. The highest BCUT2D eigenvalue weighted by molar-refractivity contribution is 7.89. The van der Waals surface area contributed by atoms with E-state index < -0.39 is 10.0 Å². The van der Waals surface area contributed by atoms with E-state index in [1.807, 2.05) is 24.3 Å². The summed E-state index contributed by atoms with van der Waals surface area (Å²) in [6.07, 6.45) is 0. The van der Waals surface area contributed by atoms with Crippen LogP contribution >= 0.6 is 11.6 Å². The standard InChI is InChI=1S/C15H18ClN3O3S/c1-11-15(12(2)22-17-11)23(20,21)19-9-7-18(8-10-19)14-5-3-13(16)4-6-14/h3-6H,7-10H2,1-2H3. The van der Waals surface area contributed by atoms with Gasteiger partial charge in [-0.1, -0.05) is 16.8 Å². The molecule has 0 bridgehead atoms. The van der Waals surface area contributed by atoms with E-state index in [1.54, 1.807) is 13.8 Å². The van der Waals surface area contributed by atoms with E-state index >= 15 is 0 Å². The minimum atomic E-state index is -3.56. The summed E-state index contributed by atoms with van der Waals surface area (Å²) in [5.74, 6) is 0.336. The average Bonchev–Trinajstić information content (AvgIpc) is 2.88. The summed E-state index contributed by atoms with van der Waals surface area (Å²) >= 11 is 5.90. The Hall–Kier alpha value is -1.57. The number of halogens is 1. The number of piperazine rings is 1. The summed E-state index contributed by atoms with van der Waals surface area (Å²) in [7, 11) is -3.56. The first kappa shape index (κ1) is 16.3. The van der Waals surface area contributed by atoms with Crippen molar-refractivity contribution < 1.29 is 12.9 Å². The van der Waals surface area contributed by atoms with E-state index in [-0.39, 0.29) is 4.90 Å². The van der Waals surface area contributed by atoms with Gasteiger partial charge in [0, 0.05) is 36.9 Å². The van der Waals surface area contributed by atoms with Gasteiger partial charge in [0.15, 0.2) is 5.76 Å². The molecule has 0 N–H and O–H groups in total. The van der Waals surface area contributed by atoms with Crippen molar-refractivity contribution in [3.8, 4) is 0 Å². The van der Waals surface area contributed by atoms with E-state index in [9.17, 15) is 8.42 Å². The molecule has 1 fully saturated rings. The zero-order valence-electron chi connectivity index (χ0n) is 13.0. The molecule has 6 nitrogen and oxygen atoms in total. The van der Waals surface area contributed by atoms with Gasteiger partial charge in [-0.05, 0) is 38.1 Å². The van der Waals surface area contributed by atoms with Gasteiger partial charge in [-0.3, -0.25) is 0 Å². The van der Waals surface area contributed by atoms with Gasteiger partial charge in [0.1, 0.15) is 10.6 Å². The van der Waals surface area contributed by atoms with E-state index in [4.69, 9.17) is 16.1 Å². The average molecular weight is 356 g/mol. The van der Waals surface area contributed by atoms with Crippen molar-refractivity contribution in [3.05, 3.63) is 40.7 Å². The zero-order valence-corrected chi connectivity index (χ0v) is 14.6. The molecule has 124 valence electrons. The maximum atomic E-state index is 12.8. The van der Waals surface area contributed by atoms with Crippen LogP contribution in [0.4, 0.5) is 5.69 Å². The van der Waals surface area contributed by atoms with Gasteiger partial charge in [-0.25, -0.2) is 8.42 Å².